The minimum Gasteiger partial charge on any atom is -0.399 e. The summed E-state index contributed by atoms with van der Waals surface area (Å²) in [7, 11) is 0. The third kappa shape index (κ3) is 3.47. The van der Waals surface area contributed by atoms with E-state index in [0.29, 0.717) is 5.92 Å². The van der Waals surface area contributed by atoms with E-state index in [1.807, 2.05) is 6.07 Å². The Kier molecular flexibility index (Phi) is 4.06. The first-order valence-corrected chi connectivity index (χ1v) is 6.73. The number of hydrogen-bond acceptors (Lipinski definition) is 2. The Hall–Kier alpha value is -1.02. The lowest BCUT2D eigenvalue weighted by Crippen LogP contribution is -2.35. The van der Waals surface area contributed by atoms with E-state index in [4.69, 9.17) is 5.73 Å². The molecule has 0 bridgehead atoms. The third-order valence-electron chi connectivity index (χ3n) is 3.59. The Morgan fingerprint density at radius 3 is 2.59 bits per heavy atom. The molecule has 0 radical (unpaired) electrons. The van der Waals surface area contributed by atoms with Crippen molar-refractivity contribution < 1.29 is 0 Å². The van der Waals surface area contributed by atoms with E-state index in [0.717, 1.165) is 11.6 Å². The van der Waals surface area contributed by atoms with Crippen molar-refractivity contribution in [3.05, 3.63) is 29.8 Å². The second-order valence-corrected chi connectivity index (χ2v) is 5.64. The van der Waals surface area contributed by atoms with Gasteiger partial charge >= 0.3 is 0 Å². The molecular weight excluding hydrogens is 208 g/mol. The van der Waals surface area contributed by atoms with Crippen LogP contribution in [-0.4, -0.2) is 24.5 Å². The summed E-state index contributed by atoms with van der Waals surface area (Å²) in [6, 6.07) is 8.41. The first kappa shape index (κ1) is 12.4. The Morgan fingerprint density at radius 1 is 1.29 bits per heavy atom. The number of likely N-dealkylation sites (tertiary alicyclic amines) is 1. The summed E-state index contributed by atoms with van der Waals surface area (Å²) >= 11 is 0. The number of anilines is 1. The molecule has 17 heavy (non-hydrogen) atoms. The Bertz CT molecular complexity index is 352. The molecule has 2 heteroatoms. The monoisotopic (exact) mass is 232 g/mol. The van der Waals surface area contributed by atoms with E-state index in [-0.39, 0.29) is 0 Å². The molecule has 0 unspecified atom stereocenters. The summed E-state index contributed by atoms with van der Waals surface area (Å²) < 4.78 is 0. The zero-order chi connectivity index (χ0) is 12.3. The standard InChI is InChI=1S/C15H24N2/c1-12(2)11-17-8-6-13(7-9-17)14-4-3-5-15(16)10-14/h3-5,10,12-13H,6-9,11,16H2,1-2H3. The highest BCUT2D eigenvalue weighted by molar-refractivity contribution is 5.41. The largest absolute Gasteiger partial charge is 0.399 e. The van der Waals surface area contributed by atoms with Gasteiger partial charge in [0.1, 0.15) is 0 Å². The number of piperidine rings is 1. The predicted octanol–water partition coefficient (Wildman–Crippen LogP) is 3.10. The number of hydrogen-bond donors (Lipinski definition) is 1. The van der Waals surface area contributed by atoms with E-state index >= 15 is 0 Å². The van der Waals surface area contributed by atoms with Crippen molar-refractivity contribution in [2.24, 2.45) is 5.92 Å². The van der Waals surface area contributed by atoms with Gasteiger partial charge in [-0.25, -0.2) is 0 Å². The lowest BCUT2D eigenvalue weighted by molar-refractivity contribution is 0.192. The quantitative estimate of drug-likeness (QED) is 0.811. The van der Waals surface area contributed by atoms with E-state index < -0.39 is 0 Å². The van der Waals surface area contributed by atoms with E-state index in [2.05, 4.69) is 36.9 Å². The Balaban J connectivity index is 1.91. The van der Waals surface area contributed by atoms with Crippen molar-refractivity contribution in [2.75, 3.05) is 25.4 Å². The first-order chi connectivity index (χ1) is 8.15. The summed E-state index contributed by atoms with van der Waals surface area (Å²) in [4.78, 5) is 2.59. The minimum absolute atomic E-state index is 0.710. The van der Waals surface area contributed by atoms with Gasteiger partial charge in [-0.3, -0.25) is 0 Å². The molecule has 1 aromatic carbocycles. The average molecular weight is 232 g/mol. The predicted molar refractivity (Wildman–Crippen MR) is 74.1 cm³/mol. The Labute approximate surface area is 105 Å². The van der Waals surface area contributed by atoms with Crippen LogP contribution in [-0.2, 0) is 0 Å². The van der Waals surface area contributed by atoms with Gasteiger partial charge in [0.25, 0.3) is 0 Å². The lowest BCUT2D eigenvalue weighted by Gasteiger charge is -2.33. The number of rotatable bonds is 3. The maximum Gasteiger partial charge on any atom is 0.0316 e. The maximum atomic E-state index is 5.85. The zero-order valence-corrected chi connectivity index (χ0v) is 11.0. The average Bonchev–Trinajstić information content (AvgIpc) is 2.29. The molecule has 2 rings (SSSR count). The van der Waals surface area contributed by atoms with Crippen LogP contribution in [0, 0.1) is 5.92 Å². The van der Waals surface area contributed by atoms with Crippen molar-refractivity contribution in [3.8, 4) is 0 Å². The lowest BCUT2D eigenvalue weighted by atomic mass is 9.89. The second kappa shape index (κ2) is 5.54. The molecule has 1 fully saturated rings. The number of nitrogen functional groups attached to an aromatic ring is 1. The van der Waals surface area contributed by atoms with Gasteiger partial charge in [0.2, 0.25) is 0 Å². The molecule has 1 aliphatic heterocycles. The van der Waals surface area contributed by atoms with Crippen LogP contribution in [0.1, 0.15) is 38.2 Å². The summed E-state index contributed by atoms with van der Waals surface area (Å²) in [6.45, 7) is 8.30. The smallest absolute Gasteiger partial charge is 0.0316 e. The van der Waals surface area contributed by atoms with E-state index in [1.165, 1.54) is 38.0 Å². The van der Waals surface area contributed by atoms with Gasteiger partial charge in [-0.15, -0.1) is 0 Å². The molecule has 0 aromatic heterocycles. The van der Waals surface area contributed by atoms with Gasteiger partial charge in [-0.2, -0.15) is 0 Å². The fourth-order valence-electron chi connectivity index (χ4n) is 2.78. The fraction of sp³-hybridized carbons (Fsp3) is 0.600. The van der Waals surface area contributed by atoms with Crippen LogP contribution in [0.3, 0.4) is 0 Å². The summed E-state index contributed by atoms with van der Waals surface area (Å²) in [5.74, 6) is 1.49. The highest BCUT2D eigenvalue weighted by atomic mass is 15.1. The van der Waals surface area contributed by atoms with Crippen molar-refractivity contribution >= 4 is 5.69 Å². The van der Waals surface area contributed by atoms with Crippen molar-refractivity contribution in [1.29, 1.82) is 0 Å². The molecule has 1 aliphatic rings. The van der Waals surface area contributed by atoms with Crippen molar-refractivity contribution in [2.45, 2.75) is 32.6 Å². The molecule has 0 atom stereocenters. The van der Waals surface area contributed by atoms with Crippen LogP contribution < -0.4 is 5.73 Å². The fourth-order valence-corrected chi connectivity index (χ4v) is 2.78. The molecule has 1 saturated heterocycles. The molecule has 1 heterocycles. The molecule has 2 N–H and O–H groups in total. The molecular formula is C15H24N2. The molecule has 0 saturated carbocycles. The minimum atomic E-state index is 0.710. The van der Waals surface area contributed by atoms with Gasteiger partial charge in [0.15, 0.2) is 0 Å². The van der Waals surface area contributed by atoms with Crippen LogP contribution in [0.5, 0.6) is 0 Å². The topological polar surface area (TPSA) is 29.3 Å². The molecule has 2 nitrogen and oxygen atoms in total. The van der Waals surface area contributed by atoms with Crippen LogP contribution in [0.25, 0.3) is 0 Å². The molecule has 0 amide bonds. The van der Waals surface area contributed by atoms with Gasteiger partial charge in [-0.1, -0.05) is 26.0 Å². The molecule has 94 valence electrons. The van der Waals surface area contributed by atoms with Gasteiger partial charge in [0.05, 0.1) is 0 Å². The second-order valence-electron chi connectivity index (χ2n) is 5.64. The van der Waals surface area contributed by atoms with Gasteiger partial charge < -0.3 is 10.6 Å². The zero-order valence-electron chi connectivity index (χ0n) is 11.0. The molecule has 0 spiro atoms. The van der Waals surface area contributed by atoms with Crippen LogP contribution in [0.15, 0.2) is 24.3 Å². The molecule has 0 aliphatic carbocycles. The molecule has 1 aromatic rings. The normalized spacial score (nSPS) is 18.8. The van der Waals surface area contributed by atoms with Crippen molar-refractivity contribution in [1.82, 2.24) is 4.90 Å². The van der Waals surface area contributed by atoms with Crippen LogP contribution in [0.4, 0.5) is 5.69 Å². The summed E-state index contributed by atoms with van der Waals surface area (Å²) in [5.41, 5.74) is 8.17. The highest BCUT2D eigenvalue weighted by Crippen LogP contribution is 2.29. The maximum absolute atomic E-state index is 5.85. The third-order valence-corrected chi connectivity index (χ3v) is 3.59. The van der Waals surface area contributed by atoms with Crippen LogP contribution >= 0.6 is 0 Å². The van der Waals surface area contributed by atoms with Crippen molar-refractivity contribution in [3.63, 3.8) is 0 Å². The van der Waals surface area contributed by atoms with Crippen LogP contribution in [0.2, 0.25) is 0 Å². The summed E-state index contributed by atoms with van der Waals surface area (Å²) in [6.07, 6.45) is 2.55. The van der Waals surface area contributed by atoms with E-state index in [1.54, 1.807) is 0 Å². The number of benzene rings is 1. The Morgan fingerprint density at radius 2 is 2.00 bits per heavy atom. The first-order valence-electron chi connectivity index (χ1n) is 6.73. The van der Waals surface area contributed by atoms with E-state index in [9.17, 15) is 0 Å². The number of nitrogens with two attached hydrogens (primary N) is 1. The van der Waals surface area contributed by atoms with Gasteiger partial charge in [0, 0.05) is 12.2 Å². The highest BCUT2D eigenvalue weighted by Gasteiger charge is 2.20. The summed E-state index contributed by atoms with van der Waals surface area (Å²) in [5, 5.41) is 0. The van der Waals surface area contributed by atoms with Gasteiger partial charge in [-0.05, 0) is 55.5 Å². The SMILES string of the molecule is CC(C)CN1CCC(c2cccc(N)c2)CC1. The number of nitrogens with zero attached hydrogens (tertiary/aromatic N) is 1.